The molecule has 0 aliphatic carbocycles. The molecule has 0 aromatic carbocycles. The van der Waals surface area contributed by atoms with Gasteiger partial charge in [0.25, 0.3) is 0 Å². The second kappa shape index (κ2) is 68.9. The largest absolute Gasteiger partial charge is 1.00 e. The molecule has 2 aromatic rings. The number of nitrogens with zero attached hydrogens (tertiary/aromatic N) is 16. The SMILES string of the molecule is C#CCN(CCC(=O)OC)CCC(=O)OC.C#CCN(CCC(=O)S(=O)(=O)[O-])CCC(=O)S(=O)(=O)[O-].CCCN(CCS(=O)(=O)[O-])Cc1cn(CCCC[Si](C)(C)C)nn1.COC(=O)CCN(CCC(C)=O)Cc1cn(CCCC[Si](C)(C)C)nn1.C[Si](C)(C)CCCCN=[N+]=[N-].C[Si](C)(C)CCCCN=[N+]=[N-].[Na+].[Na+].[Na+]. The van der Waals surface area contributed by atoms with Crippen LogP contribution >= 0.6 is 0 Å². The first kappa shape index (κ1) is 121. The molecule has 0 atom stereocenters. The number of esters is 3. The van der Waals surface area contributed by atoms with Crippen molar-refractivity contribution >= 4 is 96.6 Å². The van der Waals surface area contributed by atoms with Gasteiger partial charge in [0.15, 0.2) is 20.2 Å². The van der Waals surface area contributed by atoms with E-state index in [1.54, 1.807) is 6.92 Å². The van der Waals surface area contributed by atoms with E-state index in [4.69, 9.17) is 28.6 Å². The molecule has 0 N–H and O–H groups in total. The van der Waals surface area contributed by atoms with E-state index >= 15 is 0 Å². The number of aryl methyl sites for hydroxylation is 2. The molecule has 0 saturated heterocycles. The number of methoxy groups -OCH3 is 3. The van der Waals surface area contributed by atoms with E-state index in [1.807, 2.05) is 38.5 Å². The van der Waals surface area contributed by atoms with E-state index < -0.39 is 85.7 Å². The van der Waals surface area contributed by atoms with Crippen molar-refractivity contribution in [1.29, 1.82) is 0 Å². The smallest absolute Gasteiger partial charge is 0.748 e. The number of aromatic nitrogens is 6. The quantitative estimate of drug-likeness (QED) is 0.0101. The van der Waals surface area contributed by atoms with E-state index in [1.165, 1.54) is 76.1 Å². The number of Topliss-reactive ketones (excluding diaryl/α,β-unsaturated/α-hetero) is 1. The summed E-state index contributed by atoms with van der Waals surface area (Å²) in [6.07, 6.45) is 24.1. The van der Waals surface area contributed by atoms with Crippen molar-refractivity contribution < 1.29 is 171 Å². The van der Waals surface area contributed by atoms with Gasteiger partial charge in [-0.05, 0) is 56.6 Å². The Hall–Kier alpha value is -3.12. The van der Waals surface area contributed by atoms with E-state index in [0.717, 1.165) is 63.1 Å². The molecule has 44 heteroatoms. The summed E-state index contributed by atoms with van der Waals surface area (Å²) in [6, 6.07) is 5.34. The minimum atomic E-state index is -5.05. The van der Waals surface area contributed by atoms with Crippen LogP contribution in [0.5, 0.6) is 0 Å². The summed E-state index contributed by atoms with van der Waals surface area (Å²) in [7, 11) is -13.9. The molecular weight excluding hydrogens is 1590 g/mol. The van der Waals surface area contributed by atoms with Crippen molar-refractivity contribution in [2.24, 2.45) is 10.2 Å². The minimum absolute atomic E-state index is 0. The Morgan fingerprint density at radius 1 is 0.486 bits per heavy atom. The van der Waals surface area contributed by atoms with Gasteiger partial charge in [0.1, 0.15) is 5.78 Å². The maximum atomic E-state index is 11.4. The van der Waals surface area contributed by atoms with Gasteiger partial charge >= 0.3 is 107 Å². The Bertz CT molecular complexity index is 3350. The van der Waals surface area contributed by atoms with Gasteiger partial charge in [-0.15, -0.1) is 23.0 Å². The van der Waals surface area contributed by atoms with Crippen molar-refractivity contribution in [3.8, 4) is 24.7 Å². The Labute approximate surface area is 733 Å². The number of hydrogen-bond acceptors (Lipinski definition) is 28. The van der Waals surface area contributed by atoms with Crippen molar-refractivity contribution in [1.82, 2.24) is 49.6 Å². The van der Waals surface area contributed by atoms with Gasteiger partial charge in [-0.1, -0.05) is 168 Å². The number of ether oxygens (including phenoxy) is 3. The zero-order valence-corrected chi connectivity index (χ0v) is 82.9. The molecule has 0 aliphatic heterocycles. The summed E-state index contributed by atoms with van der Waals surface area (Å²) in [6.45, 7) is 39.1. The van der Waals surface area contributed by atoms with Crippen molar-refractivity contribution in [2.75, 3.05) is 106 Å². The Morgan fingerprint density at radius 2 is 0.784 bits per heavy atom. The number of carbonyl (C=O) groups excluding carboxylic acids is 6. The average Bonchev–Trinajstić information content (AvgIpc) is 1.87. The molecular formula is C67H127N16Na3O18S3Si4. The molecule has 0 unspecified atom stereocenters. The molecule has 0 radical (unpaired) electrons. The number of azide groups is 2. The van der Waals surface area contributed by atoms with Gasteiger partial charge in [-0.25, -0.2) is 25.3 Å². The zero-order chi connectivity index (χ0) is 83.6. The summed E-state index contributed by atoms with van der Waals surface area (Å²) in [5.41, 5.74) is 17.7. The van der Waals surface area contributed by atoms with Crippen molar-refractivity contribution in [3.05, 3.63) is 44.7 Å². The first-order valence-corrected chi connectivity index (χ1v) is 55.4. The standard InChI is InChI=1S/C18H34N4O3Si.C15H32N4O3SSi.C11H17NO4.C9H13NO8S2.2C7H17N3Si.3Na/c1-16(23)8-11-21(12-9-18(24)25-2)14-17-15-22(20-19-17)10-6-7-13-26(3,4)5;1-5-8-18(10-11-23(20,21)22)13-15-14-19(17-16-15)9-6-7-12-24(2,3)4;1-4-7-12(8-5-10(13)15-2)9-6-11(14)16-3;1-2-5-10(6-3-8(11)19(13,14)15)7-4-9(12)20(16,17)18;2*1-11(2,3)7-5-4-6-9-10-8;;;/h15H,6-14H2,1-5H3;14H,5-13H2,1-4H3,(H,20,21,22);1H,5-9H2,2-3H3;1H,3-7H2,(H,13,14,15)(H,16,17,18);2*4-7H2,1-3H3;;;/q;;;;;;3*+1/p-3. The predicted octanol–water partition coefficient (Wildman–Crippen LogP) is 0.630. The third-order valence-electron chi connectivity index (χ3n) is 15.1. The summed E-state index contributed by atoms with van der Waals surface area (Å²) in [5, 5.41) is 20.6. The maximum absolute atomic E-state index is 11.4. The van der Waals surface area contributed by atoms with E-state index in [2.05, 4.69) is 145 Å². The number of rotatable bonds is 49. The molecule has 0 saturated carbocycles. The third-order valence-corrected chi connectivity index (χ3v) is 24.7. The molecule has 2 aromatic heterocycles. The fourth-order valence-electron chi connectivity index (χ4n) is 9.14. The first-order chi connectivity index (χ1) is 50.0. The topological polar surface area (TPSA) is 474 Å². The summed E-state index contributed by atoms with van der Waals surface area (Å²) >= 11 is 0. The fraction of sp³-hybridized carbons (Fsp3) is 0.791. The molecule has 34 nitrogen and oxygen atoms in total. The normalized spacial score (nSPS) is 11.3. The van der Waals surface area contributed by atoms with Gasteiger partial charge in [-0.3, -0.25) is 57.7 Å². The van der Waals surface area contributed by atoms with E-state index in [-0.39, 0.29) is 157 Å². The maximum Gasteiger partial charge on any atom is 1.00 e. The van der Waals surface area contributed by atoms with Crippen LogP contribution in [0, 0.1) is 24.7 Å². The Balaban J connectivity index is -0.000000239. The van der Waals surface area contributed by atoms with Crippen LogP contribution in [0.1, 0.15) is 122 Å². The number of terminal acetylenes is 2. The fourth-order valence-corrected chi connectivity index (χ4v) is 15.5. The van der Waals surface area contributed by atoms with Crippen LogP contribution < -0.4 is 88.7 Å². The molecule has 0 amide bonds. The van der Waals surface area contributed by atoms with Crippen LogP contribution in [0.4, 0.5) is 0 Å². The number of carbonyl (C=O) groups is 6. The summed E-state index contributed by atoms with van der Waals surface area (Å²) < 4.78 is 112. The van der Waals surface area contributed by atoms with Gasteiger partial charge in [0.2, 0.25) is 10.2 Å². The molecule has 620 valence electrons. The monoisotopic (exact) mass is 1720 g/mol. The Kier molecular flexibility index (Phi) is 75.2. The second-order valence-corrected chi connectivity index (χ2v) is 57.0. The first-order valence-electron chi connectivity index (χ1n) is 36.2. The number of ketones is 1. The van der Waals surface area contributed by atoms with Crippen LogP contribution in [0.3, 0.4) is 0 Å². The van der Waals surface area contributed by atoms with Crippen LogP contribution in [-0.2, 0) is 99.5 Å². The average molecular weight is 1720 g/mol. The molecule has 2 heterocycles. The number of hydrogen-bond donors (Lipinski definition) is 0. The minimum Gasteiger partial charge on any atom is -0.748 e. The molecule has 111 heavy (non-hydrogen) atoms. The number of unbranched alkanes of at least 4 members (excludes halogenated alkanes) is 4. The Morgan fingerprint density at radius 3 is 1.05 bits per heavy atom. The predicted molar refractivity (Wildman–Crippen MR) is 427 cm³/mol. The van der Waals surface area contributed by atoms with E-state index in [0.29, 0.717) is 71.7 Å². The van der Waals surface area contributed by atoms with Gasteiger partial charge in [0, 0.05) is 159 Å². The van der Waals surface area contributed by atoms with Crippen LogP contribution in [-0.4, -0.2) is 260 Å². The van der Waals surface area contributed by atoms with Crippen LogP contribution in [0.15, 0.2) is 22.6 Å². The van der Waals surface area contributed by atoms with Gasteiger partial charge in [0.05, 0.1) is 80.9 Å². The third kappa shape index (κ3) is 84.6. The molecule has 0 aliphatic rings. The molecule has 0 spiro atoms. The van der Waals surface area contributed by atoms with Crippen molar-refractivity contribution in [2.45, 2.75) is 239 Å². The van der Waals surface area contributed by atoms with Crippen LogP contribution in [0.2, 0.25) is 103 Å². The van der Waals surface area contributed by atoms with Crippen LogP contribution in [0.25, 0.3) is 20.9 Å². The van der Waals surface area contributed by atoms with E-state index in [9.17, 15) is 67.7 Å². The second-order valence-electron chi connectivity index (χ2n) is 30.3. The molecule has 0 fully saturated rings. The molecule has 0 bridgehead atoms. The van der Waals surface area contributed by atoms with Gasteiger partial charge < -0.3 is 27.9 Å². The summed E-state index contributed by atoms with van der Waals surface area (Å²) in [4.78, 5) is 78.7. The van der Waals surface area contributed by atoms with Crippen molar-refractivity contribution in [3.63, 3.8) is 0 Å². The van der Waals surface area contributed by atoms with Gasteiger partial charge in [-0.2, -0.15) is 0 Å². The molecule has 2 rings (SSSR count). The zero-order valence-electron chi connectivity index (χ0n) is 70.5. The summed E-state index contributed by atoms with van der Waals surface area (Å²) in [5.74, 6) is 3.56.